The van der Waals surface area contributed by atoms with Gasteiger partial charge in [0.1, 0.15) is 23.0 Å². The standard InChI is InChI=1S/C30H23N5O3S/c1-34-29-27(23-10-6-7-11-26(23)39(34,36)37)33-35(28(29)19-8-4-3-5-9-19)21-14-12-20(13-15-21)30-31-24-17-16-22(38-2)18-25(24)32-30/h3-18H,1-2H3,(H,31,32). The van der Waals surface area contributed by atoms with Crippen LogP contribution >= 0.6 is 0 Å². The van der Waals surface area contributed by atoms with Crippen LogP contribution in [0.2, 0.25) is 0 Å². The van der Waals surface area contributed by atoms with Gasteiger partial charge in [-0.15, -0.1) is 0 Å². The Morgan fingerprint density at radius 2 is 1.59 bits per heavy atom. The van der Waals surface area contributed by atoms with Gasteiger partial charge in [-0.05, 0) is 42.5 Å². The summed E-state index contributed by atoms with van der Waals surface area (Å²) in [6, 6.07) is 30.4. The van der Waals surface area contributed by atoms with Crippen LogP contribution in [-0.4, -0.2) is 42.3 Å². The minimum absolute atomic E-state index is 0.251. The quantitative estimate of drug-likeness (QED) is 0.305. The van der Waals surface area contributed by atoms with Crippen LogP contribution < -0.4 is 9.04 Å². The molecule has 8 nitrogen and oxygen atoms in total. The number of hydrogen-bond donors (Lipinski definition) is 1. The second-order valence-corrected chi connectivity index (χ2v) is 11.2. The number of benzene rings is 4. The van der Waals surface area contributed by atoms with Crippen LogP contribution in [0.5, 0.6) is 5.75 Å². The number of rotatable bonds is 4. The Kier molecular flexibility index (Phi) is 5.11. The van der Waals surface area contributed by atoms with Crippen LogP contribution in [0.3, 0.4) is 0 Å². The third-order valence-corrected chi connectivity index (χ3v) is 8.89. The maximum Gasteiger partial charge on any atom is 0.264 e. The molecule has 192 valence electrons. The molecule has 0 radical (unpaired) electrons. The van der Waals surface area contributed by atoms with Crippen molar-refractivity contribution < 1.29 is 13.2 Å². The van der Waals surface area contributed by atoms with Gasteiger partial charge in [0.25, 0.3) is 10.0 Å². The van der Waals surface area contributed by atoms with Gasteiger partial charge in [0, 0.05) is 29.8 Å². The molecule has 0 atom stereocenters. The number of nitrogens with zero attached hydrogens (tertiary/aromatic N) is 4. The Bertz CT molecular complexity index is 1980. The van der Waals surface area contributed by atoms with Crippen LogP contribution in [0.1, 0.15) is 0 Å². The Balaban J connectivity index is 1.40. The third kappa shape index (κ3) is 3.54. The van der Waals surface area contributed by atoms with Crippen LogP contribution in [0.25, 0.3) is 50.6 Å². The average Bonchev–Trinajstić information content (AvgIpc) is 3.59. The van der Waals surface area contributed by atoms with Gasteiger partial charge in [-0.25, -0.2) is 18.1 Å². The van der Waals surface area contributed by atoms with E-state index in [1.54, 1.807) is 26.3 Å². The highest BCUT2D eigenvalue weighted by molar-refractivity contribution is 7.93. The summed E-state index contributed by atoms with van der Waals surface area (Å²) in [4.78, 5) is 8.34. The molecule has 0 saturated carbocycles. The number of fused-ring (bicyclic) bond motifs is 4. The second-order valence-electron chi connectivity index (χ2n) is 9.31. The summed E-state index contributed by atoms with van der Waals surface area (Å²) >= 11 is 0. The summed E-state index contributed by atoms with van der Waals surface area (Å²) in [7, 11) is -0.511. The number of aromatic amines is 1. The molecule has 9 heteroatoms. The number of hydrogen-bond acceptors (Lipinski definition) is 5. The number of aromatic nitrogens is 4. The van der Waals surface area contributed by atoms with E-state index in [2.05, 4.69) is 4.98 Å². The zero-order chi connectivity index (χ0) is 26.7. The highest BCUT2D eigenvalue weighted by atomic mass is 32.2. The molecule has 0 unspecified atom stereocenters. The van der Waals surface area contributed by atoms with Crippen molar-refractivity contribution in [1.82, 2.24) is 19.7 Å². The van der Waals surface area contributed by atoms with Gasteiger partial charge in [0.2, 0.25) is 0 Å². The second kappa shape index (κ2) is 8.57. The van der Waals surface area contributed by atoms with Crippen LogP contribution in [-0.2, 0) is 10.0 Å². The van der Waals surface area contributed by atoms with Crippen molar-refractivity contribution in [2.24, 2.45) is 0 Å². The smallest absolute Gasteiger partial charge is 0.264 e. The number of nitrogens with one attached hydrogen (secondary N) is 1. The Labute approximate surface area is 225 Å². The molecule has 1 N–H and O–H groups in total. The van der Waals surface area contributed by atoms with E-state index in [1.807, 2.05) is 89.6 Å². The lowest BCUT2D eigenvalue weighted by atomic mass is 10.1. The molecule has 0 bridgehead atoms. The average molecular weight is 534 g/mol. The SMILES string of the molecule is COc1ccc2nc(-c3ccc(-n4nc5c(c4-c4ccccc4)N(C)S(=O)(=O)c4ccccc4-5)cc3)[nH]c2c1. The van der Waals surface area contributed by atoms with Crippen molar-refractivity contribution in [1.29, 1.82) is 0 Å². The molecule has 39 heavy (non-hydrogen) atoms. The number of H-pyrrole nitrogens is 1. The summed E-state index contributed by atoms with van der Waals surface area (Å²) in [5, 5.41) is 4.98. The highest BCUT2D eigenvalue weighted by Crippen LogP contribution is 2.47. The monoisotopic (exact) mass is 533 g/mol. The van der Waals surface area contributed by atoms with E-state index in [1.165, 1.54) is 4.31 Å². The van der Waals surface area contributed by atoms with Gasteiger partial charge in [0.05, 0.1) is 34.4 Å². The van der Waals surface area contributed by atoms with Crippen molar-refractivity contribution >= 4 is 26.7 Å². The van der Waals surface area contributed by atoms with E-state index in [0.717, 1.165) is 39.4 Å². The van der Waals surface area contributed by atoms with E-state index in [0.29, 0.717) is 22.6 Å². The van der Waals surface area contributed by atoms with E-state index in [4.69, 9.17) is 14.8 Å². The normalized spacial score (nSPS) is 13.7. The molecule has 2 aromatic heterocycles. The van der Waals surface area contributed by atoms with Gasteiger partial charge in [-0.1, -0.05) is 48.5 Å². The van der Waals surface area contributed by atoms with Crippen molar-refractivity contribution in [3.05, 3.63) is 97.1 Å². The summed E-state index contributed by atoms with van der Waals surface area (Å²) in [6.45, 7) is 0. The molecule has 1 aliphatic rings. The van der Waals surface area contributed by atoms with Gasteiger partial charge >= 0.3 is 0 Å². The Morgan fingerprint density at radius 1 is 0.846 bits per heavy atom. The van der Waals surface area contributed by atoms with E-state index in [-0.39, 0.29) is 4.90 Å². The number of methoxy groups -OCH3 is 1. The minimum atomic E-state index is -3.74. The minimum Gasteiger partial charge on any atom is -0.497 e. The largest absolute Gasteiger partial charge is 0.497 e. The van der Waals surface area contributed by atoms with Gasteiger partial charge in [-0.2, -0.15) is 5.10 Å². The topological polar surface area (TPSA) is 93.1 Å². The molecular weight excluding hydrogens is 510 g/mol. The maximum absolute atomic E-state index is 13.5. The zero-order valence-electron chi connectivity index (χ0n) is 21.2. The van der Waals surface area contributed by atoms with Crippen molar-refractivity contribution in [2.45, 2.75) is 4.90 Å². The number of imidazole rings is 1. The highest BCUT2D eigenvalue weighted by Gasteiger charge is 2.38. The molecule has 0 fully saturated rings. The number of sulfonamides is 1. The molecule has 4 aromatic carbocycles. The first-order valence-corrected chi connectivity index (χ1v) is 13.8. The van der Waals surface area contributed by atoms with E-state index in [9.17, 15) is 8.42 Å². The Hall–Kier alpha value is -4.89. The summed E-state index contributed by atoms with van der Waals surface area (Å²) in [6.07, 6.45) is 0. The lowest BCUT2D eigenvalue weighted by Gasteiger charge is -2.26. The lowest BCUT2D eigenvalue weighted by Crippen LogP contribution is -2.30. The molecule has 0 aliphatic carbocycles. The maximum atomic E-state index is 13.5. The van der Waals surface area contributed by atoms with Crippen LogP contribution in [0.4, 0.5) is 5.69 Å². The van der Waals surface area contributed by atoms with Crippen molar-refractivity contribution in [3.63, 3.8) is 0 Å². The summed E-state index contributed by atoms with van der Waals surface area (Å²) in [5.74, 6) is 1.50. The summed E-state index contributed by atoms with van der Waals surface area (Å²) in [5.41, 5.74) is 6.79. The van der Waals surface area contributed by atoms with Crippen molar-refractivity contribution in [2.75, 3.05) is 18.5 Å². The number of ether oxygens (including phenoxy) is 1. The van der Waals surface area contributed by atoms with Gasteiger partial charge in [0.15, 0.2) is 0 Å². The first kappa shape index (κ1) is 23.2. The van der Waals surface area contributed by atoms with E-state index < -0.39 is 10.0 Å². The lowest BCUT2D eigenvalue weighted by molar-refractivity contribution is 0.415. The van der Waals surface area contributed by atoms with Crippen LogP contribution in [0.15, 0.2) is 102 Å². The summed E-state index contributed by atoms with van der Waals surface area (Å²) < 4.78 is 35.5. The number of anilines is 1. The molecule has 0 spiro atoms. The fourth-order valence-electron chi connectivity index (χ4n) is 5.10. The Morgan fingerprint density at radius 3 is 2.36 bits per heavy atom. The molecule has 0 amide bonds. The van der Waals surface area contributed by atoms with Gasteiger partial charge < -0.3 is 9.72 Å². The molecule has 1 aliphatic heterocycles. The first-order valence-electron chi connectivity index (χ1n) is 12.4. The molecule has 3 heterocycles. The third-order valence-electron chi connectivity index (χ3n) is 7.08. The zero-order valence-corrected chi connectivity index (χ0v) is 22.0. The predicted octanol–water partition coefficient (Wildman–Crippen LogP) is 5.90. The van der Waals surface area contributed by atoms with Crippen molar-refractivity contribution in [3.8, 4) is 45.3 Å². The van der Waals surface area contributed by atoms with Crippen LogP contribution in [0, 0.1) is 0 Å². The van der Waals surface area contributed by atoms with Gasteiger partial charge in [-0.3, -0.25) is 4.31 Å². The molecular formula is C30H23N5O3S. The molecule has 6 aromatic rings. The fourth-order valence-corrected chi connectivity index (χ4v) is 6.50. The predicted molar refractivity (Wildman–Crippen MR) is 152 cm³/mol. The van der Waals surface area contributed by atoms with E-state index >= 15 is 0 Å². The molecule has 0 saturated heterocycles. The first-order chi connectivity index (χ1) is 19.0. The fraction of sp³-hybridized carbons (Fsp3) is 0.0667. The molecule has 7 rings (SSSR count).